The van der Waals surface area contributed by atoms with E-state index in [1.807, 2.05) is 0 Å². The van der Waals surface area contributed by atoms with Gasteiger partial charge in [-0.1, -0.05) is 6.92 Å². The lowest BCUT2D eigenvalue weighted by atomic mass is 10.3. The number of rotatable bonds is 6. The number of hydrogen-bond donors (Lipinski definition) is 1. The molecule has 0 aromatic carbocycles. The summed E-state index contributed by atoms with van der Waals surface area (Å²) in [5.41, 5.74) is 0.843. The van der Waals surface area contributed by atoms with Crippen molar-refractivity contribution in [1.82, 2.24) is 15.1 Å². The van der Waals surface area contributed by atoms with Crippen molar-refractivity contribution < 1.29 is 4.74 Å². The van der Waals surface area contributed by atoms with E-state index in [4.69, 9.17) is 4.74 Å². The number of anilines is 1. The molecule has 2 atom stereocenters. The van der Waals surface area contributed by atoms with Gasteiger partial charge in [-0.15, -0.1) is 0 Å². The summed E-state index contributed by atoms with van der Waals surface area (Å²) in [4.78, 5) is 14.3. The second kappa shape index (κ2) is 6.85. The molecule has 0 spiro atoms. The molecule has 2 heterocycles. The van der Waals surface area contributed by atoms with Crippen molar-refractivity contribution in [2.24, 2.45) is 0 Å². The van der Waals surface area contributed by atoms with Crippen molar-refractivity contribution in [3.63, 3.8) is 0 Å². The number of likely N-dealkylation sites (N-methyl/N-ethyl adjacent to an activating group) is 1. The maximum atomic E-state index is 12.1. The van der Waals surface area contributed by atoms with E-state index in [1.54, 1.807) is 19.4 Å². The van der Waals surface area contributed by atoms with Crippen LogP contribution in [0.15, 0.2) is 17.1 Å². The van der Waals surface area contributed by atoms with Gasteiger partial charge >= 0.3 is 0 Å². The second-order valence-corrected chi connectivity index (χ2v) is 5.29. The van der Waals surface area contributed by atoms with Crippen LogP contribution in [0.2, 0.25) is 0 Å². The molecule has 1 saturated heterocycles. The molecule has 0 bridgehead atoms. The van der Waals surface area contributed by atoms with E-state index >= 15 is 0 Å². The van der Waals surface area contributed by atoms with Crippen molar-refractivity contribution in [3.8, 4) is 0 Å². The molecule has 2 unspecified atom stereocenters. The quantitative estimate of drug-likeness (QED) is 0.820. The topological polar surface area (TPSA) is 59.4 Å². The summed E-state index contributed by atoms with van der Waals surface area (Å²) in [7, 11) is 1.73. The molecule has 1 aliphatic heterocycles. The first-order valence-corrected chi connectivity index (χ1v) is 7.22. The van der Waals surface area contributed by atoms with E-state index in [0.29, 0.717) is 6.54 Å². The lowest BCUT2D eigenvalue weighted by molar-refractivity contribution is 0.121. The predicted molar refractivity (Wildman–Crippen MR) is 79.3 cm³/mol. The Balaban J connectivity index is 2.04. The van der Waals surface area contributed by atoms with Gasteiger partial charge in [-0.05, 0) is 19.9 Å². The minimum Gasteiger partial charge on any atom is -0.380 e. The number of nitrogens with zero attached hydrogens (tertiary/aromatic N) is 3. The minimum atomic E-state index is -0.0480. The van der Waals surface area contributed by atoms with E-state index in [9.17, 15) is 4.79 Å². The summed E-state index contributed by atoms with van der Waals surface area (Å²) < 4.78 is 6.86. The van der Waals surface area contributed by atoms with Crippen molar-refractivity contribution in [2.75, 3.05) is 31.6 Å². The smallest absolute Gasteiger partial charge is 0.268 e. The molecule has 6 nitrogen and oxygen atoms in total. The van der Waals surface area contributed by atoms with Gasteiger partial charge in [0.15, 0.2) is 0 Å². The van der Waals surface area contributed by atoms with E-state index in [1.165, 1.54) is 4.68 Å². The summed E-state index contributed by atoms with van der Waals surface area (Å²) in [6.45, 7) is 7.32. The van der Waals surface area contributed by atoms with Gasteiger partial charge in [-0.25, -0.2) is 4.68 Å². The zero-order valence-corrected chi connectivity index (χ0v) is 12.5. The fraction of sp³-hybridized carbons (Fsp3) is 0.714. The Bertz CT molecular complexity index is 488. The van der Waals surface area contributed by atoms with Crippen LogP contribution in [0, 0.1) is 0 Å². The fourth-order valence-electron chi connectivity index (χ4n) is 2.56. The number of aromatic nitrogens is 2. The van der Waals surface area contributed by atoms with Crippen LogP contribution >= 0.6 is 0 Å². The maximum absolute atomic E-state index is 12.1. The second-order valence-electron chi connectivity index (χ2n) is 5.29. The van der Waals surface area contributed by atoms with Crippen molar-refractivity contribution in [2.45, 2.75) is 39.0 Å². The molecule has 0 saturated carbocycles. The van der Waals surface area contributed by atoms with Crippen LogP contribution in [0.1, 0.15) is 20.3 Å². The molecular weight excluding hydrogens is 256 g/mol. The standard InChI is InChI=1S/C14H24N4O2/c1-4-15-11(2)9-18-14(19)7-12(8-16-18)17-6-5-13(10-17)20-3/h7-8,11,13,15H,4-6,9-10H2,1-3H3. The van der Waals surface area contributed by atoms with E-state index in [2.05, 4.69) is 29.2 Å². The van der Waals surface area contributed by atoms with Crippen LogP contribution in [0.5, 0.6) is 0 Å². The van der Waals surface area contributed by atoms with Crippen LogP contribution in [0.3, 0.4) is 0 Å². The third-order valence-corrected chi connectivity index (χ3v) is 3.70. The zero-order valence-electron chi connectivity index (χ0n) is 12.5. The Morgan fingerprint density at radius 3 is 3.00 bits per heavy atom. The van der Waals surface area contributed by atoms with Crippen molar-refractivity contribution in [1.29, 1.82) is 0 Å². The van der Waals surface area contributed by atoms with Crippen LogP contribution in [-0.2, 0) is 11.3 Å². The van der Waals surface area contributed by atoms with Gasteiger partial charge < -0.3 is 15.0 Å². The zero-order chi connectivity index (χ0) is 14.5. The monoisotopic (exact) mass is 280 g/mol. The molecule has 1 N–H and O–H groups in total. The summed E-state index contributed by atoms with van der Waals surface area (Å²) in [6, 6.07) is 1.91. The summed E-state index contributed by atoms with van der Waals surface area (Å²) in [5, 5.41) is 7.56. The molecule has 2 rings (SSSR count). The molecule has 112 valence electrons. The average molecular weight is 280 g/mol. The highest BCUT2D eigenvalue weighted by atomic mass is 16.5. The highest BCUT2D eigenvalue weighted by Gasteiger charge is 2.22. The van der Waals surface area contributed by atoms with E-state index < -0.39 is 0 Å². The number of methoxy groups -OCH3 is 1. The number of hydrogen-bond acceptors (Lipinski definition) is 5. The minimum absolute atomic E-state index is 0.0480. The van der Waals surface area contributed by atoms with Crippen LogP contribution in [0.25, 0.3) is 0 Å². The van der Waals surface area contributed by atoms with Gasteiger partial charge in [-0.2, -0.15) is 5.10 Å². The van der Waals surface area contributed by atoms with Crippen LogP contribution in [-0.4, -0.2) is 48.7 Å². The predicted octanol–water partition coefficient (Wildman–Crippen LogP) is 0.466. The molecule has 0 radical (unpaired) electrons. The molecule has 0 aliphatic carbocycles. The Labute approximate surface area is 119 Å². The molecule has 1 fully saturated rings. The molecule has 20 heavy (non-hydrogen) atoms. The Morgan fingerprint density at radius 1 is 1.60 bits per heavy atom. The Morgan fingerprint density at radius 2 is 2.40 bits per heavy atom. The van der Waals surface area contributed by atoms with Gasteiger partial charge in [-0.3, -0.25) is 4.79 Å². The molecule has 1 aromatic heterocycles. The molecule has 0 amide bonds. The summed E-state index contributed by atoms with van der Waals surface area (Å²) in [5.74, 6) is 0. The van der Waals surface area contributed by atoms with Gasteiger partial charge in [0.2, 0.25) is 0 Å². The first-order chi connectivity index (χ1) is 9.63. The SMILES string of the molecule is CCNC(C)Cn1ncc(N2CCC(OC)C2)cc1=O. The lowest BCUT2D eigenvalue weighted by Crippen LogP contribution is -2.35. The van der Waals surface area contributed by atoms with Gasteiger partial charge in [0.1, 0.15) is 0 Å². The van der Waals surface area contributed by atoms with Gasteiger partial charge in [0.25, 0.3) is 5.56 Å². The average Bonchev–Trinajstić information content (AvgIpc) is 2.90. The molecule has 1 aliphatic rings. The third kappa shape index (κ3) is 3.58. The summed E-state index contributed by atoms with van der Waals surface area (Å²) >= 11 is 0. The summed E-state index contributed by atoms with van der Waals surface area (Å²) in [6.07, 6.45) is 3.03. The largest absolute Gasteiger partial charge is 0.380 e. The lowest BCUT2D eigenvalue weighted by Gasteiger charge is -2.19. The highest BCUT2D eigenvalue weighted by molar-refractivity contribution is 5.44. The maximum Gasteiger partial charge on any atom is 0.268 e. The third-order valence-electron chi connectivity index (χ3n) is 3.70. The Hall–Kier alpha value is -1.40. The van der Waals surface area contributed by atoms with E-state index in [0.717, 1.165) is 31.7 Å². The highest BCUT2D eigenvalue weighted by Crippen LogP contribution is 2.19. The molecule has 6 heteroatoms. The van der Waals surface area contributed by atoms with Crippen LogP contribution in [0.4, 0.5) is 5.69 Å². The normalized spacial score (nSPS) is 20.4. The van der Waals surface area contributed by atoms with Gasteiger partial charge in [0.05, 0.1) is 24.5 Å². The molecular formula is C14H24N4O2. The number of ether oxygens (including phenoxy) is 1. The molecule has 1 aromatic rings. The number of nitrogens with one attached hydrogen (secondary N) is 1. The van der Waals surface area contributed by atoms with E-state index in [-0.39, 0.29) is 17.7 Å². The van der Waals surface area contributed by atoms with Crippen molar-refractivity contribution in [3.05, 3.63) is 22.6 Å². The van der Waals surface area contributed by atoms with Gasteiger partial charge in [0, 0.05) is 32.3 Å². The van der Waals surface area contributed by atoms with Crippen molar-refractivity contribution >= 4 is 5.69 Å². The van der Waals surface area contributed by atoms with Crippen LogP contribution < -0.4 is 15.8 Å². The first-order valence-electron chi connectivity index (χ1n) is 7.22. The first kappa shape index (κ1) is 15.0. The Kier molecular flexibility index (Phi) is 5.14. The fourth-order valence-corrected chi connectivity index (χ4v) is 2.56.